The van der Waals surface area contributed by atoms with Crippen LogP contribution in [0.15, 0.2) is 54.6 Å². The van der Waals surface area contributed by atoms with Gasteiger partial charge in [0.05, 0.1) is 12.1 Å². The molecule has 0 fully saturated rings. The summed E-state index contributed by atoms with van der Waals surface area (Å²) in [5.41, 5.74) is 0.707. The van der Waals surface area contributed by atoms with Crippen molar-refractivity contribution in [1.82, 2.24) is 4.90 Å². The maximum Gasteiger partial charge on any atom is 0.416 e. The Bertz CT molecular complexity index is 682. The molecule has 0 aliphatic rings. The normalized spacial score (nSPS) is 11.8. The van der Waals surface area contributed by atoms with E-state index in [4.69, 9.17) is 0 Å². The number of nitrogens with one attached hydrogen (secondary N) is 1. The predicted octanol–water partition coefficient (Wildman–Crippen LogP) is 4.55. The van der Waals surface area contributed by atoms with Gasteiger partial charge in [-0.1, -0.05) is 30.3 Å². The zero-order chi connectivity index (χ0) is 18.4. The number of nitrogens with zero attached hydrogens (tertiary/aromatic N) is 1. The van der Waals surface area contributed by atoms with Gasteiger partial charge in [0.1, 0.15) is 0 Å². The number of halogens is 3. The van der Waals surface area contributed by atoms with Crippen molar-refractivity contribution >= 4 is 11.6 Å². The number of hydrogen-bond acceptors (Lipinski definition) is 2. The summed E-state index contributed by atoms with van der Waals surface area (Å²) in [6, 6.07) is 14.4. The van der Waals surface area contributed by atoms with Crippen LogP contribution in [0.2, 0.25) is 0 Å². The van der Waals surface area contributed by atoms with Crippen LogP contribution in [0, 0.1) is 0 Å². The fourth-order valence-corrected chi connectivity index (χ4v) is 2.37. The number of carbonyl (C=O) groups excluding carboxylic acids is 1. The van der Waals surface area contributed by atoms with Gasteiger partial charge < -0.3 is 5.32 Å². The summed E-state index contributed by atoms with van der Waals surface area (Å²) in [6.45, 7) is 4.77. The average Bonchev–Trinajstić information content (AvgIpc) is 2.54. The molecule has 1 N–H and O–H groups in total. The van der Waals surface area contributed by atoms with Gasteiger partial charge in [0.2, 0.25) is 5.91 Å². The number of hydrogen-bond donors (Lipinski definition) is 1. The molecule has 3 nitrogen and oxygen atoms in total. The molecule has 25 heavy (non-hydrogen) atoms. The molecule has 0 spiro atoms. The van der Waals surface area contributed by atoms with Crippen molar-refractivity contribution in [2.75, 3.05) is 11.9 Å². The Balaban J connectivity index is 1.97. The molecular formula is C19H21F3N2O. The van der Waals surface area contributed by atoms with Gasteiger partial charge in [-0.2, -0.15) is 13.2 Å². The van der Waals surface area contributed by atoms with E-state index in [0.29, 0.717) is 12.2 Å². The van der Waals surface area contributed by atoms with Crippen LogP contribution in [0.1, 0.15) is 25.0 Å². The van der Waals surface area contributed by atoms with E-state index in [1.807, 2.05) is 49.1 Å². The fraction of sp³-hybridized carbons (Fsp3) is 0.316. The molecule has 2 aromatic carbocycles. The van der Waals surface area contributed by atoms with Crippen molar-refractivity contribution in [1.29, 1.82) is 0 Å². The van der Waals surface area contributed by atoms with Gasteiger partial charge >= 0.3 is 6.18 Å². The first-order chi connectivity index (χ1) is 11.8. The molecule has 1 amide bonds. The monoisotopic (exact) mass is 350 g/mol. The smallest absolute Gasteiger partial charge is 0.325 e. The predicted molar refractivity (Wildman–Crippen MR) is 92.1 cm³/mol. The van der Waals surface area contributed by atoms with Crippen molar-refractivity contribution < 1.29 is 18.0 Å². The Hall–Kier alpha value is -2.34. The number of alkyl halides is 3. The topological polar surface area (TPSA) is 32.3 Å². The van der Waals surface area contributed by atoms with Crippen molar-refractivity contribution in [3.05, 3.63) is 65.7 Å². The van der Waals surface area contributed by atoms with Gasteiger partial charge in [0.25, 0.3) is 0 Å². The highest BCUT2D eigenvalue weighted by atomic mass is 19.4. The molecule has 6 heteroatoms. The lowest BCUT2D eigenvalue weighted by Gasteiger charge is -2.26. The summed E-state index contributed by atoms with van der Waals surface area (Å²) >= 11 is 0. The molecule has 0 bridgehead atoms. The second kappa shape index (κ2) is 8.16. The van der Waals surface area contributed by atoms with Gasteiger partial charge in [-0.3, -0.25) is 9.69 Å². The van der Waals surface area contributed by atoms with Crippen LogP contribution in [-0.4, -0.2) is 23.4 Å². The number of benzene rings is 2. The quantitative estimate of drug-likeness (QED) is 0.829. The van der Waals surface area contributed by atoms with Crippen LogP contribution in [0.5, 0.6) is 0 Å². The van der Waals surface area contributed by atoms with E-state index in [1.165, 1.54) is 12.1 Å². The summed E-state index contributed by atoms with van der Waals surface area (Å²) in [5.74, 6) is -0.260. The lowest BCUT2D eigenvalue weighted by Crippen LogP contribution is -2.37. The summed E-state index contributed by atoms with van der Waals surface area (Å²) in [6.07, 6.45) is -4.38. The Morgan fingerprint density at radius 3 is 2.16 bits per heavy atom. The molecule has 0 aliphatic heterocycles. The van der Waals surface area contributed by atoms with E-state index < -0.39 is 11.7 Å². The Labute approximate surface area is 145 Å². The van der Waals surface area contributed by atoms with Crippen LogP contribution in [0.3, 0.4) is 0 Å². The first-order valence-corrected chi connectivity index (χ1v) is 8.01. The fourth-order valence-electron chi connectivity index (χ4n) is 2.37. The molecule has 0 aliphatic carbocycles. The minimum absolute atomic E-state index is 0.151. The van der Waals surface area contributed by atoms with Crippen LogP contribution in [0.25, 0.3) is 0 Å². The lowest BCUT2D eigenvalue weighted by molar-refractivity contribution is -0.137. The second-order valence-corrected chi connectivity index (χ2v) is 6.11. The summed E-state index contributed by atoms with van der Waals surface area (Å²) < 4.78 is 37.7. The van der Waals surface area contributed by atoms with Crippen LogP contribution in [0.4, 0.5) is 18.9 Å². The molecule has 2 aromatic rings. The van der Waals surface area contributed by atoms with Gasteiger partial charge in [0.15, 0.2) is 0 Å². The van der Waals surface area contributed by atoms with E-state index in [1.54, 1.807) is 0 Å². The van der Waals surface area contributed by atoms with Crippen LogP contribution < -0.4 is 5.32 Å². The molecule has 0 saturated carbocycles. The third-order valence-electron chi connectivity index (χ3n) is 3.80. The maximum absolute atomic E-state index is 12.6. The van der Waals surface area contributed by atoms with Crippen molar-refractivity contribution in [3.8, 4) is 0 Å². The standard InChI is InChI=1S/C19H21F3N2O/c1-14(2)24(12-15-6-4-3-5-7-15)13-18(25)23-17-10-8-16(9-11-17)19(20,21)22/h3-11,14H,12-13H2,1-2H3,(H,23,25). The highest BCUT2D eigenvalue weighted by Gasteiger charge is 2.30. The molecule has 2 rings (SSSR count). The summed E-state index contributed by atoms with van der Waals surface area (Å²) in [4.78, 5) is 14.2. The van der Waals surface area contributed by atoms with E-state index in [9.17, 15) is 18.0 Å². The zero-order valence-corrected chi connectivity index (χ0v) is 14.2. The number of amides is 1. The van der Waals surface area contributed by atoms with Crippen molar-refractivity contribution in [3.63, 3.8) is 0 Å². The summed E-state index contributed by atoms with van der Waals surface area (Å²) in [7, 11) is 0. The third-order valence-corrected chi connectivity index (χ3v) is 3.80. The SMILES string of the molecule is CC(C)N(CC(=O)Nc1ccc(C(F)(F)F)cc1)Cc1ccccc1. The van der Waals surface area contributed by atoms with E-state index in [0.717, 1.165) is 17.7 Å². The van der Waals surface area contributed by atoms with E-state index in [2.05, 4.69) is 5.32 Å². The van der Waals surface area contributed by atoms with Gasteiger partial charge in [0, 0.05) is 18.3 Å². The molecule has 0 atom stereocenters. The minimum atomic E-state index is -4.38. The second-order valence-electron chi connectivity index (χ2n) is 6.11. The lowest BCUT2D eigenvalue weighted by atomic mass is 10.2. The molecule has 0 radical (unpaired) electrons. The molecule has 0 aromatic heterocycles. The number of anilines is 1. The van der Waals surface area contributed by atoms with Crippen molar-refractivity contribution in [2.24, 2.45) is 0 Å². The largest absolute Gasteiger partial charge is 0.416 e. The third kappa shape index (κ3) is 5.90. The van der Waals surface area contributed by atoms with Crippen molar-refractivity contribution in [2.45, 2.75) is 32.6 Å². The highest BCUT2D eigenvalue weighted by molar-refractivity contribution is 5.92. The Morgan fingerprint density at radius 1 is 1.04 bits per heavy atom. The van der Waals surface area contributed by atoms with Gasteiger partial charge in [-0.05, 0) is 43.7 Å². The number of carbonyl (C=O) groups is 1. The molecule has 0 unspecified atom stereocenters. The molecule has 134 valence electrons. The van der Waals surface area contributed by atoms with Crippen LogP contribution >= 0.6 is 0 Å². The highest BCUT2D eigenvalue weighted by Crippen LogP contribution is 2.29. The Kier molecular flexibility index (Phi) is 6.20. The Morgan fingerprint density at radius 2 is 1.64 bits per heavy atom. The average molecular weight is 350 g/mol. The first-order valence-electron chi connectivity index (χ1n) is 8.01. The molecule has 0 heterocycles. The van der Waals surface area contributed by atoms with Gasteiger partial charge in [-0.15, -0.1) is 0 Å². The molecule has 0 saturated heterocycles. The van der Waals surface area contributed by atoms with Crippen LogP contribution in [-0.2, 0) is 17.5 Å². The molecular weight excluding hydrogens is 329 g/mol. The van der Waals surface area contributed by atoms with E-state index in [-0.39, 0.29) is 18.5 Å². The van der Waals surface area contributed by atoms with Gasteiger partial charge in [-0.25, -0.2) is 0 Å². The maximum atomic E-state index is 12.6. The minimum Gasteiger partial charge on any atom is -0.325 e. The first kappa shape index (κ1) is 19.0. The zero-order valence-electron chi connectivity index (χ0n) is 14.2. The van der Waals surface area contributed by atoms with E-state index >= 15 is 0 Å². The number of rotatable bonds is 6. The summed E-state index contributed by atoms with van der Waals surface area (Å²) in [5, 5.41) is 2.64.